The smallest absolute Gasteiger partial charge is 0.119 e. The van der Waals surface area contributed by atoms with Gasteiger partial charge >= 0.3 is 0 Å². The Morgan fingerprint density at radius 2 is 1.89 bits per heavy atom. The number of hydrogen-bond acceptors (Lipinski definition) is 2. The van der Waals surface area contributed by atoms with Crippen LogP contribution >= 0.6 is 0 Å². The molecular weight excluding hydrogens is 234 g/mol. The van der Waals surface area contributed by atoms with E-state index in [1.54, 1.807) is 0 Å². The molecule has 0 spiro atoms. The van der Waals surface area contributed by atoms with Gasteiger partial charge in [-0.1, -0.05) is 19.9 Å². The maximum absolute atomic E-state index is 5.85. The summed E-state index contributed by atoms with van der Waals surface area (Å²) in [4.78, 5) is 0. The molecule has 0 bridgehead atoms. The van der Waals surface area contributed by atoms with Crippen molar-refractivity contribution in [2.24, 2.45) is 0 Å². The summed E-state index contributed by atoms with van der Waals surface area (Å²) in [7, 11) is 0. The van der Waals surface area contributed by atoms with E-state index in [1.165, 1.54) is 43.2 Å². The van der Waals surface area contributed by atoms with Crippen LogP contribution in [0.15, 0.2) is 18.2 Å². The van der Waals surface area contributed by atoms with Gasteiger partial charge in [0.05, 0.1) is 6.61 Å². The van der Waals surface area contributed by atoms with Crippen molar-refractivity contribution in [3.05, 3.63) is 29.3 Å². The molecule has 2 nitrogen and oxygen atoms in total. The van der Waals surface area contributed by atoms with Gasteiger partial charge in [-0.3, -0.25) is 0 Å². The fraction of sp³-hybridized carbons (Fsp3) is 0.647. The summed E-state index contributed by atoms with van der Waals surface area (Å²) in [5, 5.41) is 3.43. The molecule has 0 saturated carbocycles. The van der Waals surface area contributed by atoms with E-state index in [2.05, 4.69) is 37.4 Å². The highest BCUT2D eigenvalue weighted by Gasteiger charge is 2.09. The number of ether oxygens (including phenoxy) is 1. The van der Waals surface area contributed by atoms with Crippen LogP contribution in [0.5, 0.6) is 5.75 Å². The molecule has 19 heavy (non-hydrogen) atoms. The Morgan fingerprint density at radius 3 is 2.68 bits per heavy atom. The van der Waals surface area contributed by atoms with Gasteiger partial charge in [-0.15, -0.1) is 0 Å². The molecule has 1 aromatic carbocycles. The molecule has 0 aliphatic heterocycles. The highest BCUT2D eigenvalue weighted by molar-refractivity contribution is 5.37. The Bertz CT molecular complexity index is 387. The third-order valence-corrected chi connectivity index (χ3v) is 3.71. The van der Waals surface area contributed by atoms with Crippen molar-refractivity contribution in [3.8, 4) is 5.75 Å². The van der Waals surface area contributed by atoms with Crippen LogP contribution < -0.4 is 10.1 Å². The number of aryl methyl sites for hydroxylation is 2. The quantitative estimate of drug-likeness (QED) is 0.755. The molecule has 1 aliphatic rings. The van der Waals surface area contributed by atoms with Gasteiger partial charge in [0.1, 0.15) is 5.75 Å². The number of unbranched alkanes of at least 4 members (excludes halogenated alkanes) is 1. The zero-order chi connectivity index (χ0) is 13.5. The van der Waals surface area contributed by atoms with E-state index in [4.69, 9.17) is 4.74 Å². The number of fused-ring (bicyclic) bond motifs is 1. The second-order valence-electron chi connectivity index (χ2n) is 5.80. The first-order chi connectivity index (χ1) is 9.25. The average Bonchev–Trinajstić information content (AvgIpc) is 2.42. The van der Waals surface area contributed by atoms with Crippen LogP contribution in [0.1, 0.15) is 50.7 Å². The van der Waals surface area contributed by atoms with Crippen molar-refractivity contribution in [3.63, 3.8) is 0 Å². The van der Waals surface area contributed by atoms with Crippen molar-refractivity contribution in [2.75, 3.05) is 13.2 Å². The van der Waals surface area contributed by atoms with Crippen molar-refractivity contribution in [2.45, 2.75) is 58.4 Å². The Labute approximate surface area is 117 Å². The molecule has 0 amide bonds. The predicted molar refractivity (Wildman–Crippen MR) is 81.0 cm³/mol. The zero-order valence-corrected chi connectivity index (χ0v) is 12.4. The van der Waals surface area contributed by atoms with E-state index in [1.807, 2.05) is 0 Å². The van der Waals surface area contributed by atoms with Crippen molar-refractivity contribution < 1.29 is 4.74 Å². The average molecular weight is 261 g/mol. The number of hydrogen-bond donors (Lipinski definition) is 1. The lowest BCUT2D eigenvalue weighted by molar-refractivity contribution is 0.304. The number of rotatable bonds is 7. The fourth-order valence-corrected chi connectivity index (χ4v) is 2.61. The molecule has 106 valence electrons. The number of nitrogens with one attached hydrogen (secondary N) is 1. The van der Waals surface area contributed by atoms with E-state index >= 15 is 0 Å². The van der Waals surface area contributed by atoms with Gasteiger partial charge in [0, 0.05) is 6.04 Å². The minimum Gasteiger partial charge on any atom is -0.494 e. The molecular formula is C17H27NO. The van der Waals surface area contributed by atoms with Crippen LogP contribution in [0.3, 0.4) is 0 Å². The first-order valence-electron chi connectivity index (χ1n) is 7.73. The van der Waals surface area contributed by atoms with Crippen LogP contribution in [-0.2, 0) is 12.8 Å². The van der Waals surface area contributed by atoms with Crippen molar-refractivity contribution >= 4 is 0 Å². The topological polar surface area (TPSA) is 21.3 Å². The van der Waals surface area contributed by atoms with Gasteiger partial charge < -0.3 is 10.1 Å². The van der Waals surface area contributed by atoms with Crippen LogP contribution in [0.25, 0.3) is 0 Å². The second kappa shape index (κ2) is 7.54. The third kappa shape index (κ3) is 4.87. The molecule has 1 aromatic rings. The molecule has 2 heteroatoms. The predicted octanol–water partition coefficient (Wildman–Crippen LogP) is 3.72. The first kappa shape index (κ1) is 14.4. The molecule has 0 unspecified atom stereocenters. The van der Waals surface area contributed by atoms with Gasteiger partial charge in [0.25, 0.3) is 0 Å². The summed E-state index contributed by atoms with van der Waals surface area (Å²) >= 11 is 0. The third-order valence-electron chi connectivity index (χ3n) is 3.71. The molecule has 0 heterocycles. The summed E-state index contributed by atoms with van der Waals surface area (Å²) in [6, 6.07) is 7.23. The lowest BCUT2D eigenvalue weighted by atomic mass is 9.92. The normalized spacial score (nSPS) is 14.5. The first-order valence-corrected chi connectivity index (χ1v) is 7.73. The Balaban J connectivity index is 1.68. The summed E-state index contributed by atoms with van der Waals surface area (Å²) in [6.45, 7) is 6.29. The van der Waals surface area contributed by atoms with Crippen LogP contribution in [0, 0.1) is 0 Å². The largest absolute Gasteiger partial charge is 0.494 e. The lowest BCUT2D eigenvalue weighted by Crippen LogP contribution is -2.23. The zero-order valence-electron chi connectivity index (χ0n) is 12.4. The molecule has 0 atom stereocenters. The maximum atomic E-state index is 5.85. The number of benzene rings is 1. The van der Waals surface area contributed by atoms with E-state index in [9.17, 15) is 0 Å². The van der Waals surface area contributed by atoms with Gasteiger partial charge in [-0.25, -0.2) is 0 Å². The van der Waals surface area contributed by atoms with Crippen molar-refractivity contribution in [1.82, 2.24) is 5.32 Å². The molecule has 0 radical (unpaired) electrons. The van der Waals surface area contributed by atoms with Gasteiger partial charge in [-0.2, -0.15) is 0 Å². The second-order valence-corrected chi connectivity index (χ2v) is 5.80. The standard InChI is InChI=1S/C17H27NO/c1-14(2)18-11-5-6-12-19-17-10-9-15-7-3-4-8-16(15)13-17/h9-10,13-14,18H,3-8,11-12H2,1-2H3. The Hall–Kier alpha value is -1.02. The van der Waals surface area contributed by atoms with Crippen LogP contribution in [-0.4, -0.2) is 19.2 Å². The summed E-state index contributed by atoms with van der Waals surface area (Å²) < 4.78 is 5.85. The van der Waals surface area contributed by atoms with E-state index < -0.39 is 0 Å². The van der Waals surface area contributed by atoms with Gasteiger partial charge in [0.2, 0.25) is 0 Å². The van der Waals surface area contributed by atoms with E-state index in [0.29, 0.717) is 6.04 Å². The summed E-state index contributed by atoms with van der Waals surface area (Å²) in [5.74, 6) is 1.05. The molecule has 0 aromatic heterocycles. The van der Waals surface area contributed by atoms with Crippen molar-refractivity contribution in [1.29, 1.82) is 0 Å². The SMILES string of the molecule is CC(C)NCCCCOc1ccc2c(c1)CCCC2. The Kier molecular flexibility index (Phi) is 5.71. The fourth-order valence-electron chi connectivity index (χ4n) is 2.61. The molecule has 0 fully saturated rings. The summed E-state index contributed by atoms with van der Waals surface area (Å²) in [6.07, 6.45) is 7.45. The molecule has 1 N–H and O–H groups in total. The van der Waals surface area contributed by atoms with Gasteiger partial charge in [0.15, 0.2) is 0 Å². The highest BCUT2D eigenvalue weighted by Crippen LogP contribution is 2.25. The monoisotopic (exact) mass is 261 g/mol. The minimum absolute atomic E-state index is 0.585. The molecule has 0 saturated heterocycles. The maximum Gasteiger partial charge on any atom is 0.119 e. The van der Waals surface area contributed by atoms with Gasteiger partial charge in [-0.05, 0) is 68.3 Å². The van der Waals surface area contributed by atoms with E-state index in [-0.39, 0.29) is 0 Å². The van der Waals surface area contributed by atoms with Crippen LogP contribution in [0.4, 0.5) is 0 Å². The molecule has 1 aliphatic carbocycles. The molecule has 2 rings (SSSR count). The minimum atomic E-state index is 0.585. The van der Waals surface area contributed by atoms with E-state index in [0.717, 1.165) is 25.3 Å². The highest BCUT2D eigenvalue weighted by atomic mass is 16.5. The Morgan fingerprint density at radius 1 is 1.11 bits per heavy atom. The summed E-state index contributed by atoms with van der Waals surface area (Å²) in [5.41, 5.74) is 3.03. The van der Waals surface area contributed by atoms with Crippen LogP contribution in [0.2, 0.25) is 0 Å². The lowest BCUT2D eigenvalue weighted by Gasteiger charge is -2.16.